The number of nitrogens with zero attached hydrogens (tertiary/aromatic N) is 3. The van der Waals surface area contributed by atoms with Gasteiger partial charge in [-0.25, -0.2) is 12.7 Å². The molecule has 0 saturated heterocycles. The summed E-state index contributed by atoms with van der Waals surface area (Å²) in [7, 11) is 1.97. The molecule has 0 aromatic carbocycles. The largest absolute Gasteiger partial charge is 0.309 e. The molecule has 0 heterocycles. The van der Waals surface area contributed by atoms with E-state index in [4.69, 9.17) is 5.26 Å². The van der Waals surface area contributed by atoms with Gasteiger partial charge in [0.25, 0.3) is 0 Å². The second-order valence-electron chi connectivity index (χ2n) is 4.05. The molecular formula is C10H21N3O2S. The van der Waals surface area contributed by atoms with Crippen molar-refractivity contribution in [3.63, 3.8) is 0 Å². The zero-order valence-electron chi connectivity index (χ0n) is 10.5. The van der Waals surface area contributed by atoms with E-state index < -0.39 is 15.3 Å². The van der Waals surface area contributed by atoms with E-state index in [1.807, 2.05) is 25.1 Å². The van der Waals surface area contributed by atoms with Crippen molar-refractivity contribution < 1.29 is 8.42 Å². The van der Waals surface area contributed by atoms with Gasteiger partial charge in [-0.1, -0.05) is 6.92 Å². The van der Waals surface area contributed by atoms with E-state index in [0.717, 1.165) is 13.0 Å². The van der Waals surface area contributed by atoms with E-state index in [9.17, 15) is 8.42 Å². The van der Waals surface area contributed by atoms with Gasteiger partial charge in [-0.2, -0.15) is 5.26 Å². The molecule has 0 aliphatic carbocycles. The molecule has 5 nitrogen and oxygen atoms in total. The van der Waals surface area contributed by atoms with Crippen LogP contribution < -0.4 is 0 Å². The maximum atomic E-state index is 11.9. The molecule has 6 heteroatoms. The van der Waals surface area contributed by atoms with Crippen molar-refractivity contribution in [1.82, 2.24) is 9.21 Å². The van der Waals surface area contributed by atoms with Crippen LogP contribution in [0.3, 0.4) is 0 Å². The third kappa shape index (κ3) is 4.47. The zero-order chi connectivity index (χ0) is 12.8. The molecule has 0 amide bonds. The van der Waals surface area contributed by atoms with Crippen LogP contribution in [0, 0.1) is 11.3 Å². The lowest BCUT2D eigenvalue weighted by Crippen LogP contribution is -2.36. The van der Waals surface area contributed by atoms with Crippen molar-refractivity contribution in [2.75, 3.05) is 34.2 Å². The summed E-state index contributed by atoms with van der Waals surface area (Å²) >= 11 is 0. The van der Waals surface area contributed by atoms with Gasteiger partial charge in [0.2, 0.25) is 10.0 Å². The molecule has 0 rings (SSSR count). The molecule has 0 aliphatic rings. The molecule has 0 bridgehead atoms. The summed E-state index contributed by atoms with van der Waals surface area (Å²) in [5, 5.41) is 7.84. The first kappa shape index (κ1) is 15.4. The first-order valence-electron chi connectivity index (χ1n) is 5.35. The first-order chi connectivity index (χ1) is 7.36. The monoisotopic (exact) mass is 247 g/mol. The van der Waals surface area contributed by atoms with Crippen LogP contribution in [-0.2, 0) is 10.0 Å². The molecular weight excluding hydrogens is 226 g/mol. The highest BCUT2D eigenvalue weighted by Crippen LogP contribution is 2.10. The van der Waals surface area contributed by atoms with E-state index in [2.05, 4.69) is 0 Å². The first-order valence-corrected chi connectivity index (χ1v) is 6.86. The highest BCUT2D eigenvalue weighted by Gasteiger charge is 2.27. The average molecular weight is 247 g/mol. The topological polar surface area (TPSA) is 64.4 Å². The van der Waals surface area contributed by atoms with Gasteiger partial charge in [-0.05, 0) is 33.5 Å². The second kappa shape index (κ2) is 6.84. The van der Waals surface area contributed by atoms with Crippen molar-refractivity contribution in [1.29, 1.82) is 5.26 Å². The lowest BCUT2D eigenvalue weighted by molar-refractivity contribution is 0.369. The van der Waals surface area contributed by atoms with Gasteiger partial charge in [0.1, 0.15) is 0 Å². The van der Waals surface area contributed by atoms with Gasteiger partial charge >= 0.3 is 0 Å². The van der Waals surface area contributed by atoms with E-state index in [1.165, 1.54) is 11.4 Å². The normalized spacial score (nSPS) is 14.1. The van der Waals surface area contributed by atoms with E-state index in [1.54, 1.807) is 6.92 Å². The van der Waals surface area contributed by atoms with Crippen LogP contribution >= 0.6 is 0 Å². The predicted molar refractivity (Wildman–Crippen MR) is 64.4 cm³/mol. The fraction of sp³-hybridized carbons (Fsp3) is 0.900. The summed E-state index contributed by atoms with van der Waals surface area (Å²) in [5.74, 6) is 0. The van der Waals surface area contributed by atoms with Gasteiger partial charge in [0.15, 0.2) is 5.25 Å². The van der Waals surface area contributed by atoms with Crippen LogP contribution in [0.4, 0.5) is 0 Å². The molecule has 1 unspecified atom stereocenters. The number of rotatable bonds is 7. The SMILES string of the molecule is CCC(C#N)S(=O)(=O)N(C)CCCN(C)C. The summed E-state index contributed by atoms with van der Waals surface area (Å²) in [4.78, 5) is 2.00. The van der Waals surface area contributed by atoms with Crippen LogP contribution in [0.15, 0.2) is 0 Å². The molecule has 0 spiro atoms. The minimum Gasteiger partial charge on any atom is -0.309 e. The second-order valence-corrected chi connectivity index (χ2v) is 6.27. The van der Waals surface area contributed by atoms with Crippen molar-refractivity contribution in [2.45, 2.75) is 25.0 Å². The Hall–Kier alpha value is -0.640. The van der Waals surface area contributed by atoms with E-state index in [0.29, 0.717) is 13.0 Å². The predicted octanol–water partition coefficient (Wildman–Crippen LogP) is 0.502. The fourth-order valence-electron chi connectivity index (χ4n) is 1.32. The summed E-state index contributed by atoms with van der Waals surface area (Å²) < 4.78 is 25.0. The molecule has 0 saturated carbocycles. The van der Waals surface area contributed by atoms with Crippen LogP contribution in [0.25, 0.3) is 0 Å². The Morgan fingerprint density at radius 3 is 2.19 bits per heavy atom. The van der Waals surface area contributed by atoms with Crippen molar-refractivity contribution in [3.8, 4) is 6.07 Å². The third-order valence-electron chi connectivity index (χ3n) is 2.39. The van der Waals surface area contributed by atoms with E-state index in [-0.39, 0.29) is 0 Å². The molecule has 0 N–H and O–H groups in total. The lowest BCUT2D eigenvalue weighted by atomic mass is 10.4. The number of hydrogen-bond donors (Lipinski definition) is 0. The fourth-order valence-corrected chi connectivity index (χ4v) is 2.70. The Labute approximate surface area is 98.7 Å². The minimum atomic E-state index is -3.45. The van der Waals surface area contributed by atoms with Crippen LogP contribution in [0.5, 0.6) is 0 Å². The van der Waals surface area contributed by atoms with Crippen LogP contribution in [0.2, 0.25) is 0 Å². The smallest absolute Gasteiger partial charge is 0.230 e. The highest BCUT2D eigenvalue weighted by atomic mass is 32.2. The van der Waals surface area contributed by atoms with Crippen molar-refractivity contribution in [2.24, 2.45) is 0 Å². The van der Waals surface area contributed by atoms with Gasteiger partial charge in [0, 0.05) is 13.6 Å². The summed E-state index contributed by atoms with van der Waals surface area (Å²) in [6.45, 7) is 3.00. The van der Waals surface area contributed by atoms with Crippen LogP contribution in [-0.4, -0.2) is 57.1 Å². The molecule has 0 aromatic heterocycles. The van der Waals surface area contributed by atoms with Crippen molar-refractivity contribution in [3.05, 3.63) is 0 Å². The van der Waals surface area contributed by atoms with Gasteiger partial charge in [-0.3, -0.25) is 0 Å². The maximum Gasteiger partial charge on any atom is 0.230 e. The number of nitriles is 1. The Bertz CT molecular complexity index is 332. The van der Waals surface area contributed by atoms with Gasteiger partial charge < -0.3 is 4.90 Å². The maximum absolute atomic E-state index is 11.9. The zero-order valence-corrected chi connectivity index (χ0v) is 11.3. The van der Waals surface area contributed by atoms with Crippen molar-refractivity contribution >= 4 is 10.0 Å². The van der Waals surface area contributed by atoms with Gasteiger partial charge in [-0.15, -0.1) is 0 Å². The molecule has 0 radical (unpaired) electrons. The van der Waals surface area contributed by atoms with E-state index >= 15 is 0 Å². The molecule has 0 aliphatic heterocycles. The standard InChI is InChI=1S/C10H21N3O2S/c1-5-10(9-11)16(14,15)13(4)8-6-7-12(2)3/h10H,5-8H2,1-4H3. The Balaban J connectivity index is 4.37. The Morgan fingerprint density at radius 1 is 1.25 bits per heavy atom. The summed E-state index contributed by atoms with van der Waals surface area (Å²) in [6, 6.07) is 1.83. The highest BCUT2D eigenvalue weighted by molar-refractivity contribution is 7.89. The molecule has 94 valence electrons. The number of hydrogen-bond acceptors (Lipinski definition) is 4. The summed E-state index contributed by atoms with van der Waals surface area (Å²) in [6.07, 6.45) is 1.10. The Morgan fingerprint density at radius 2 is 1.81 bits per heavy atom. The van der Waals surface area contributed by atoms with Crippen LogP contribution in [0.1, 0.15) is 19.8 Å². The third-order valence-corrected chi connectivity index (χ3v) is 4.60. The average Bonchev–Trinajstić information content (AvgIpc) is 2.18. The molecule has 0 fully saturated rings. The number of sulfonamides is 1. The lowest BCUT2D eigenvalue weighted by Gasteiger charge is -2.20. The molecule has 0 aromatic rings. The molecule has 16 heavy (non-hydrogen) atoms. The molecule has 1 atom stereocenters. The minimum absolute atomic E-state index is 0.330. The quantitative estimate of drug-likeness (QED) is 0.657. The summed E-state index contributed by atoms with van der Waals surface area (Å²) in [5.41, 5.74) is 0. The Kier molecular flexibility index (Phi) is 6.56. The van der Waals surface area contributed by atoms with Gasteiger partial charge in [0.05, 0.1) is 6.07 Å².